The molecule has 0 radical (unpaired) electrons. The van der Waals surface area contributed by atoms with Crippen molar-refractivity contribution in [1.82, 2.24) is 4.90 Å². The van der Waals surface area contributed by atoms with Gasteiger partial charge in [0.2, 0.25) is 0 Å². The number of hydrogen-bond acceptors (Lipinski definition) is 4. The molecule has 25 heavy (non-hydrogen) atoms. The van der Waals surface area contributed by atoms with Gasteiger partial charge in [0.1, 0.15) is 0 Å². The summed E-state index contributed by atoms with van der Waals surface area (Å²) in [6, 6.07) is 10.7. The lowest BCUT2D eigenvalue weighted by Crippen LogP contribution is -2.57. The fourth-order valence-electron chi connectivity index (χ4n) is 4.74. The Bertz CT molecular complexity index is 536. The van der Waals surface area contributed by atoms with Gasteiger partial charge in [0.05, 0.1) is 24.4 Å². The van der Waals surface area contributed by atoms with Crippen molar-refractivity contribution in [2.24, 2.45) is 0 Å². The molecule has 1 aromatic carbocycles. The minimum atomic E-state index is 0.0146. The first-order valence-corrected chi connectivity index (χ1v) is 10.1. The molecule has 1 aromatic rings. The van der Waals surface area contributed by atoms with E-state index in [4.69, 9.17) is 9.47 Å². The van der Waals surface area contributed by atoms with E-state index in [1.165, 1.54) is 37.8 Å². The van der Waals surface area contributed by atoms with Gasteiger partial charge < -0.3 is 14.4 Å². The molecule has 1 spiro atoms. The number of piperazine rings is 1. The molecule has 3 aliphatic rings. The second kappa shape index (κ2) is 7.65. The van der Waals surface area contributed by atoms with Gasteiger partial charge in [-0.3, -0.25) is 4.90 Å². The molecule has 0 aromatic heterocycles. The molecule has 4 rings (SSSR count). The summed E-state index contributed by atoms with van der Waals surface area (Å²) in [5, 5.41) is 0. The van der Waals surface area contributed by atoms with Crippen LogP contribution in [0.25, 0.3) is 0 Å². The molecule has 4 heteroatoms. The van der Waals surface area contributed by atoms with Crippen molar-refractivity contribution in [3.63, 3.8) is 0 Å². The molecule has 2 atom stereocenters. The number of rotatable bonds is 3. The van der Waals surface area contributed by atoms with Gasteiger partial charge >= 0.3 is 0 Å². The van der Waals surface area contributed by atoms with Gasteiger partial charge in [-0.2, -0.15) is 0 Å². The fraction of sp³-hybridized carbons (Fsp3) is 0.714. The van der Waals surface area contributed by atoms with Gasteiger partial charge in [-0.05, 0) is 31.9 Å². The monoisotopic (exact) mass is 344 g/mol. The predicted octanol–water partition coefficient (Wildman–Crippen LogP) is 3.32. The number of para-hydroxylation sites is 1. The first-order chi connectivity index (χ1) is 12.3. The third-order valence-corrected chi connectivity index (χ3v) is 6.35. The average Bonchev–Trinajstić information content (AvgIpc) is 2.67. The predicted molar refractivity (Wildman–Crippen MR) is 101 cm³/mol. The molecule has 2 unspecified atom stereocenters. The van der Waals surface area contributed by atoms with Crippen LogP contribution < -0.4 is 4.90 Å². The van der Waals surface area contributed by atoms with Gasteiger partial charge in [-0.1, -0.05) is 37.5 Å². The lowest BCUT2D eigenvalue weighted by atomic mass is 9.80. The van der Waals surface area contributed by atoms with Gasteiger partial charge in [-0.25, -0.2) is 0 Å². The van der Waals surface area contributed by atoms with Crippen LogP contribution in [-0.4, -0.2) is 62.0 Å². The van der Waals surface area contributed by atoms with Crippen LogP contribution in [0.4, 0.5) is 5.69 Å². The number of nitrogens with zero attached hydrogens (tertiary/aromatic N) is 2. The molecule has 3 fully saturated rings. The highest BCUT2D eigenvalue weighted by atomic mass is 16.6. The van der Waals surface area contributed by atoms with Crippen LogP contribution in [0.3, 0.4) is 0 Å². The maximum atomic E-state index is 6.41. The largest absolute Gasteiger partial charge is 0.370 e. The Morgan fingerprint density at radius 3 is 2.40 bits per heavy atom. The van der Waals surface area contributed by atoms with Gasteiger partial charge in [0.15, 0.2) is 0 Å². The van der Waals surface area contributed by atoms with Crippen molar-refractivity contribution in [2.45, 2.75) is 56.8 Å². The molecule has 138 valence electrons. The summed E-state index contributed by atoms with van der Waals surface area (Å²) in [6.07, 6.45) is 6.75. The third kappa shape index (κ3) is 3.86. The van der Waals surface area contributed by atoms with Crippen molar-refractivity contribution in [3.05, 3.63) is 30.3 Å². The summed E-state index contributed by atoms with van der Waals surface area (Å²) >= 11 is 0. The van der Waals surface area contributed by atoms with E-state index in [0.717, 1.165) is 39.3 Å². The van der Waals surface area contributed by atoms with E-state index in [0.29, 0.717) is 0 Å². The number of anilines is 1. The van der Waals surface area contributed by atoms with E-state index in [1.807, 2.05) is 0 Å². The SMILES string of the molecule is CC1OC(CN2CCN(c3ccccc3)CC2)COC12CCCCC2. The van der Waals surface area contributed by atoms with Crippen molar-refractivity contribution < 1.29 is 9.47 Å². The molecular formula is C21H32N2O2. The first-order valence-electron chi connectivity index (χ1n) is 10.1. The van der Waals surface area contributed by atoms with E-state index in [1.54, 1.807) is 0 Å². The Morgan fingerprint density at radius 1 is 1.00 bits per heavy atom. The molecule has 2 saturated heterocycles. The van der Waals surface area contributed by atoms with E-state index in [9.17, 15) is 0 Å². The number of ether oxygens (including phenoxy) is 2. The molecular weight excluding hydrogens is 312 g/mol. The average molecular weight is 344 g/mol. The van der Waals surface area contributed by atoms with Crippen molar-refractivity contribution in [2.75, 3.05) is 44.2 Å². The Balaban J connectivity index is 1.25. The molecule has 0 bridgehead atoms. The summed E-state index contributed by atoms with van der Waals surface area (Å²) in [5.74, 6) is 0. The zero-order valence-corrected chi connectivity index (χ0v) is 15.5. The van der Waals surface area contributed by atoms with Crippen LogP contribution in [0.1, 0.15) is 39.0 Å². The minimum absolute atomic E-state index is 0.0146. The normalized spacial score (nSPS) is 30.5. The smallest absolute Gasteiger partial charge is 0.0941 e. The molecule has 2 aliphatic heterocycles. The Kier molecular flexibility index (Phi) is 5.30. The lowest BCUT2D eigenvalue weighted by molar-refractivity contribution is -0.241. The van der Waals surface area contributed by atoms with Crippen LogP contribution in [0.15, 0.2) is 30.3 Å². The Hall–Kier alpha value is -1.10. The zero-order valence-electron chi connectivity index (χ0n) is 15.5. The van der Waals surface area contributed by atoms with Crippen LogP contribution in [0.2, 0.25) is 0 Å². The van der Waals surface area contributed by atoms with E-state index >= 15 is 0 Å². The highest BCUT2D eigenvalue weighted by Crippen LogP contribution is 2.39. The maximum absolute atomic E-state index is 6.41. The third-order valence-electron chi connectivity index (χ3n) is 6.35. The summed E-state index contributed by atoms with van der Waals surface area (Å²) in [7, 11) is 0. The summed E-state index contributed by atoms with van der Waals surface area (Å²) < 4.78 is 12.8. The second-order valence-electron chi connectivity index (χ2n) is 7.96. The van der Waals surface area contributed by atoms with Crippen LogP contribution in [0.5, 0.6) is 0 Å². The molecule has 1 saturated carbocycles. The Morgan fingerprint density at radius 2 is 1.72 bits per heavy atom. The van der Waals surface area contributed by atoms with E-state index in [-0.39, 0.29) is 17.8 Å². The lowest BCUT2D eigenvalue weighted by Gasteiger charge is -2.48. The standard InChI is InChI=1S/C21H32N2O2/c1-18-21(10-6-3-7-11-21)24-17-20(25-18)16-22-12-14-23(15-13-22)19-8-4-2-5-9-19/h2,4-5,8-9,18,20H,3,6-7,10-17H2,1H3. The van der Waals surface area contributed by atoms with Crippen molar-refractivity contribution in [3.8, 4) is 0 Å². The van der Waals surface area contributed by atoms with E-state index < -0.39 is 0 Å². The van der Waals surface area contributed by atoms with Crippen molar-refractivity contribution >= 4 is 5.69 Å². The van der Waals surface area contributed by atoms with Gasteiger partial charge in [0, 0.05) is 38.4 Å². The van der Waals surface area contributed by atoms with Crippen LogP contribution >= 0.6 is 0 Å². The number of benzene rings is 1. The summed E-state index contributed by atoms with van der Waals surface area (Å²) in [5.41, 5.74) is 1.35. The highest BCUT2D eigenvalue weighted by molar-refractivity contribution is 5.46. The molecule has 2 heterocycles. The molecule has 4 nitrogen and oxygen atoms in total. The maximum Gasteiger partial charge on any atom is 0.0941 e. The zero-order chi connectivity index (χ0) is 17.1. The van der Waals surface area contributed by atoms with Gasteiger partial charge in [-0.15, -0.1) is 0 Å². The summed E-state index contributed by atoms with van der Waals surface area (Å²) in [6.45, 7) is 8.40. The van der Waals surface area contributed by atoms with Crippen LogP contribution in [-0.2, 0) is 9.47 Å². The van der Waals surface area contributed by atoms with Crippen molar-refractivity contribution in [1.29, 1.82) is 0 Å². The molecule has 1 aliphatic carbocycles. The highest BCUT2D eigenvalue weighted by Gasteiger charge is 2.44. The fourth-order valence-corrected chi connectivity index (χ4v) is 4.74. The van der Waals surface area contributed by atoms with Gasteiger partial charge in [0.25, 0.3) is 0 Å². The summed E-state index contributed by atoms with van der Waals surface area (Å²) in [4.78, 5) is 5.02. The number of hydrogen-bond donors (Lipinski definition) is 0. The first kappa shape index (κ1) is 17.3. The topological polar surface area (TPSA) is 24.9 Å². The van der Waals surface area contributed by atoms with Crippen LogP contribution in [0, 0.1) is 0 Å². The molecule has 0 N–H and O–H groups in total. The molecule has 0 amide bonds. The second-order valence-corrected chi connectivity index (χ2v) is 7.96. The minimum Gasteiger partial charge on any atom is -0.370 e. The quantitative estimate of drug-likeness (QED) is 0.840. The van der Waals surface area contributed by atoms with E-state index in [2.05, 4.69) is 47.1 Å². The Labute approximate surface area is 152 Å².